The molecule has 4 aliphatic carbocycles. The molecular weight excluding hydrogens is 351 g/mol. The second-order valence-corrected chi connectivity index (χ2v) is 8.59. The number of fused-ring (bicyclic) bond motifs is 4. The Balaban J connectivity index is 0.00000182. The van der Waals surface area contributed by atoms with Gasteiger partial charge in [-0.05, 0) is 69.1 Å². The maximum atomic E-state index is 12.4. The van der Waals surface area contributed by atoms with Gasteiger partial charge < -0.3 is 5.26 Å². The van der Waals surface area contributed by atoms with Crippen LogP contribution in [0.4, 0.5) is 0 Å². The third-order valence-corrected chi connectivity index (χ3v) is 7.73. The van der Waals surface area contributed by atoms with Crippen LogP contribution in [0.2, 0.25) is 0 Å². The molecule has 0 N–H and O–H groups in total. The molecule has 4 rings (SSSR count). The summed E-state index contributed by atoms with van der Waals surface area (Å²) < 4.78 is 9.72. The zero-order chi connectivity index (χ0) is 16.7. The average molecular weight is 376 g/mol. The minimum atomic E-state index is -0.0359. The van der Waals surface area contributed by atoms with E-state index in [1.165, 1.54) is 12.8 Å². The predicted molar refractivity (Wildman–Crippen MR) is 86.8 cm³/mol. The van der Waals surface area contributed by atoms with Crippen LogP contribution in [0.3, 0.4) is 0 Å². The molecule has 0 aromatic carbocycles. The molecule has 0 heterocycles. The second-order valence-electron chi connectivity index (χ2n) is 8.13. The Morgan fingerprint density at radius 2 is 2.00 bits per heavy atom. The van der Waals surface area contributed by atoms with E-state index >= 15 is 0 Å². The van der Waals surface area contributed by atoms with Crippen LogP contribution < -0.4 is 34.8 Å². The fraction of sp³-hybridized carbons (Fsp3) is 0.833. The van der Waals surface area contributed by atoms with Crippen LogP contribution in [-0.2, 0) is 18.3 Å². The molecule has 7 heteroatoms. The van der Waals surface area contributed by atoms with Gasteiger partial charge in [-0.25, -0.2) is 0 Å². The minimum absolute atomic E-state index is 0. The van der Waals surface area contributed by atoms with Crippen molar-refractivity contribution in [3.8, 4) is 0 Å². The predicted octanol–water partition coefficient (Wildman–Crippen LogP) is 0.448. The van der Waals surface area contributed by atoms with E-state index in [0.717, 1.165) is 44.9 Å². The van der Waals surface area contributed by atoms with Crippen molar-refractivity contribution in [2.75, 3.05) is 0 Å². The molecule has 0 bridgehead atoms. The number of hydrogen-bond donors (Lipinski definition) is 0. The molecule has 0 spiro atoms. The summed E-state index contributed by atoms with van der Waals surface area (Å²) in [5, 5.41) is 13.2. The van der Waals surface area contributed by atoms with Crippen molar-refractivity contribution < 1.29 is 53.2 Å². The van der Waals surface area contributed by atoms with Crippen LogP contribution in [0.5, 0.6) is 0 Å². The van der Waals surface area contributed by atoms with Gasteiger partial charge in [0.15, 0.2) is 12.3 Å². The van der Waals surface area contributed by atoms with Gasteiger partial charge >= 0.3 is 29.6 Å². The van der Waals surface area contributed by atoms with Gasteiger partial charge in [0.25, 0.3) is 0 Å². The van der Waals surface area contributed by atoms with E-state index in [4.69, 9.17) is 4.18 Å². The number of ketones is 1. The first-order valence-corrected chi connectivity index (χ1v) is 9.83. The van der Waals surface area contributed by atoms with Crippen molar-refractivity contribution >= 4 is 18.1 Å². The Morgan fingerprint density at radius 1 is 1.16 bits per heavy atom. The van der Waals surface area contributed by atoms with E-state index in [1.807, 2.05) is 0 Å². The standard InChI is InChI=1S/C18H26O5S.Na/c1-18-9-8-14-13-5-3-12(21-24-23-22-20)10-11(13)2-4-15(14)16(18)6-7-17(18)19;/h12,14-16,20H,2-10H2,1H3;/q;+1/p-1. The van der Waals surface area contributed by atoms with Gasteiger partial charge in [0.05, 0.1) is 6.10 Å². The van der Waals surface area contributed by atoms with Gasteiger partial charge in [0.2, 0.25) is 0 Å². The van der Waals surface area contributed by atoms with Gasteiger partial charge in [-0.3, -0.25) is 14.0 Å². The Bertz CT molecular complexity index is 554. The Kier molecular flexibility index (Phi) is 6.76. The molecule has 5 unspecified atom stereocenters. The molecule has 5 nitrogen and oxygen atoms in total. The Morgan fingerprint density at radius 3 is 2.80 bits per heavy atom. The summed E-state index contributed by atoms with van der Waals surface area (Å²) in [5.74, 6) is 2.51. The van der Waals surface area contributed by atoms with E-state index in [9.17, 15) is 10.1 Å². The molecule has 0 amide bonds. The van der Waals surface area contributed by atoms with Crippen LogP contribution in [0, 0.1) is 23.2 Å². The number of carbonyl (C=O) groups is 1. The second kappa shape index (κ2) is 8.31. The van der Waals surface area contributed by atoms with Crippen molar-refractivity contribution in [3.05, 3.63) is 11.1 Å². The molecule has 25 heavy (non-hydrogen) atoms. The molecular formula is C18H25NaO5S. The van der Waals surface area contributed by atoms with Crippen molar-refractivity contribution in [2.45, 2.75) is 70.8 Å². The van der Waals surface area contributed by atoms with E-state index in [-0.39, 0.29) is 41.1 Å². The molecule has 5 atom stereocenters. The van der Waals surface area contributed by atoms with Crippen LogP contribution >= 0.6 is 12.3 Å². The monoisotopic (exact) mass is 376 g/mol. The fourth-order valence-corrected chi connectivity index (χ4v) is 6.44. The van der Waals surface area contributed by atoms with E-state index in [0.29, 0.717) is 35.9 Å². The maximum Gasteiger partial charge on any atom is 1.00 e. The van der Waals surface area contributed by atoms with Gasteiger partial charge in [0.1, 0.15) is 5.78 Å². The van der Waals surface area contributed by atoms with E-state index in [1.54, 1.807) is 11.1 Å². The van der Waals surface area contributed by atoms with Crippen molar-refractivity contribution in [2.24, 2.45) is 23.2 Å². The van der Waals surface area contributed by atoms with E-state index < -0.39 is 0 Å². The molecule has 2 saturated carbocycles. The summed E-state index contributed by atoms with van der Waals surface area (Å²) in [7, 11) is 0. The summed E-state index contributed by atoms with van der Waals surface area (Å²) in [6.45, 7) is 2.23. The third-order valence-electron chi connectivity index (χ3n) is 7.27. The van der Waals surface area contributed by atoms with Crippen LogP contribution in [0.15, 0.2) is 11.1 Å². The molecule has 0 aromatic rings. The summed E-state index contributed by atoms with van der Waals surface area (Å²) in [6, 6.07) is 0. The van der Waals surface area contributed by atoms with Gasteiger partial charge in [-0.1, -0.05) is 18.1 Å². The van der Waals surface area contributed by atoms with Gasteiger partial charge in [-0.2, -0.15) is 0 Å². The van der Waals surface area contributed by atoms with E-state index in [2.05, 4.69) is 16.3 Å². The quantitative estimate of drug-likeness (QED) is 0.177. The molecule has 134 valence electrons. The molecule has 0 aliphatic heterocycles. The smallest absolute Gasteiger partial charge is 0.691 e. The van der Waals surface area contributed by atoms with Crippen LogP contribution in [0.1, 0.15) is 64.7 Å². The number of Topliss-reactive ketones (excluding diaryl/α,β-unsaturated/α-hetero) is 1. The topological polar surface area (TPSA) is 67.8 Å². The fourth-order valence-electron chi connectivity index (χ4n) is 6.11. The Labute approximate surface area is 175 Å². The molecule has 0 saturated heterocycles. The van der Waals surface area contributed by atoms with Crippen molar-refractivity contribution in [1.82, 2.24) is 0 Å². The molecule has 0 radical (unpaired) electrons. The average Bonchev–Trinajstić information content (AvgIpc) is 2.90. The molecule has 0 aromatic heterocycles. The third kappa shape index (κ3) is 3.66. The number of hydrogen-bond acceptors (Lipinski definition) is 6. The first-order chi connectivity index (χ1) is 11.6. The molecule has 2 fully saturated rings. The largest absolute Gasteiger partial charge is 1.00 e. The Hall–Kier alpha value is 0.600. The first kappa shape index (κ1) is 20.3. The number of carbonyl (C=O) groups excluding carboxylic acids is 1. The molecule has 4 aliphatic rings. The summed E-state index contributed by atoms with van der Waals surface area (Å²) in [6.07, 6.45) is 9.60. The number of rotatable bonds is 4. The number of allylic oxidation sites excluding steroid dienone is 1. The van der Waals surface area contributed by atoms with Gasteiger partial charge in [-0.15, -0.1) is 4.33 Å². The van der Waals surface area contributed by atoms with Crippen LogP contribution in [0.25, 0.3) is 0 Å². The van der Waals surface area contributed by atoms with Crippen LogP contribution in [-0.4, -0.2) is 11.9 Å². The summed E-state index contributed by atoms with van der Waals surface area (Å²) in [5.41, 5.74) is 3.19. The SMILES string of the molecule is CC12CCC3C4=C(CCC3C1CCC2=O)CC(OSOO[O-])CC4.[Na+]. The van der Waals surface area contributed by atoms with Gasteiger partial charge in [0, 0.05) is 11.8 Å². The van der Waals surface area contributed by atoms with Crippen molar-refractivity contribution in [1.29, 1.82) is 0 Å². The minimum Gasteiger partial charge on any atom is -0.691 e. The maximum absolute atomic E-state index is 12.4. The summed E-state index contributed by atoms with van der Waals surface area (Å²) >= 11 is 0.639. The zero-order valence-corrected chi connectivity index (χ0v) is 17.9. The zero-order valence-electron chi connectivity index (χ0n) is 15.1. The first-order valence-electron chi connectivity index (χ1n) is 9.16. The van der Waals surface area contributed by atoms with Crippen molar-refractivity contribution in [3.63, 3.8) is 0 Å². The normalized spacial score (nSPS) is 40.2. The summed E-state index contributed by atoms with van der Waals surface area (Å²) in [4.78, 5) is 12.4.